The third-order valence-corrected chi connectivity index (χ3v) is 3.36. The minimum absolute atomic E-state index is 0.0602. The minimum Gasteiger partial charge on any atom is -0.368 e. The van der Waals surface area contributed by atoms with Crippen molar-refractivity contribution in [1.82, 2.24) is 5.32 Å². The van der Waals surface area contributed by atoms with E-state index in [0.29, 0.717) is 17.3 Å². The first-order chi connectivity index (χ1) is 5.05. The lowest BCUT2D eigenvalue weighted by Gasteiger charge is -2.15. The van der Waals surface area contributed by atoms with E-state index in [0.717, 1.165) is 6.54 Å². The molecule has 0 aromatic heterocycles. The molecule has 1 saturated heterocycles. The zero-order chi connectivity index (χ0) is 8.22. The van der Waals surface area contributed by atoms with Crippen molar-refractivity contribution in [2.45, 2.75) is 19.9 Å². The van der Waals surface area contributed by atoms with Gasteiger partial charge >= 0.3 is 0 Å². The SMILES string of the molecule is CC1(C)C2CN[C@H](C(N)=O)C21. The molecular weight excluding hydrogens is 140 g/mol. The summed E-state index contributed by atoms with van der Waals surface area (Å²) >= 11 is 0. The predicted octanol–water partition coefficient (Wildman–Crippen LogP) is -0.284. The molecule has 3 atom stereocenters. The van der Waals surface area contributed by atoms with Crippen molar-refractivity contribution in [1.29, 1.82) is 0 Å². The van der Waals surface area contributed by atoms with Crippen LogP contribution >= 0.6 is 0 Å². The molecule has 1 saturated carbocycles. The van der Waals surface area contributed by atoms with E-state index in [-0.39, 0.29) is 11.9 Å². The number of nitrogens with two attached hydrogens (primary N) is 1. The maximum atomic E-state index is 10.9. The Bertz CT molecular complexity index is 212. The average molecular weight is 154 g/mol. The number of primary amides is 1. The quantitative estimate of drug-likeness (QED) is 0.545. The summed E-state index contributed by atoms with van der Waals surface area (Å²) in [6.45, 7) is 5.38. The zero-order valence-corrected chi connectivity index (χ0v) is 6.92. The summed E-state index contributed by atoms with van der Waals surface area (Å²) in [5.41, 5.74) is 5.59. The lowest BCUT2D eigenvalue weighted by atomic mass is 10.0. The van der Waals surface area contributed by atoms with Crippen LogP contribution in [0.2, 0.25) is 0 Å². The number of hydrogen-bond donors (Lipinski definition) is 2. The van der Waals surface area contributed by atoms with E-state index in [4.69, 9.17) is 5.73 Å². The van der Waals surface area contributed by atoms with Crippen LogP contribution in [0.25, 0.3) is 0 Å². The van der Waals surface area contributed by atoms with Crippen LogP contribution in [0.4, 0.5) is 0 Å². The van der Waals surface area contributed by atoms with Gasteiger partial charge in [0, 0.05) is 0 Å². The van der Waals surface area contributed by atoms with Crippen molar-refractivity contribution in [2.75, 3.05) is 6.54 Å². The van der Waals surface area contributed by atoms with Crippen molar-refractivity contribution in [2.24, 2.45) is 23.0 Å². The van der Waals surface area contributed by atoms with Crippen LogP contribution in [0.15, 0.2) is 0 Å². The highest BCUT2D eigenvalue weighted by atomic mass is 16.1. The summed E-state index contributed by atoms with van der Waals surface area (Å²) < 4.78 is 0. The van der Waals surface area contributed by atoms with Gasteiger partial charge in [-0.3, -0.25) is 4.79 Å². The van der Waals surface area contributed by atoms with E-state index >= 15 is 0 Å². The lowest BCUT2D eigenvalue weighted by Crippen LogP contribution is -2.41. The number of amides is 1. The van der Waals surface area contributed by atoms with Gasteiger partial charge in [0.25, 0.3) is 0 Å². The van der Waals surface area contributed by atoms with E-state index in [2.05, 4.69) is 19.2 Å². The fourth-order valence-corrected chi connectivity index (χ4v) is 2.50. The smallest absolute Gasteiger partial charge is 0.234 e. The molecule has 2 aliphatic rings. The Morgan fingerprint density at radius 1 is 1.64 bits per heavy atom. The van der Waals surface area contributed by atoms with Gasteiger partial charge < -0.3 is 11.1 Å². The van der Waals surface area contributed by atoms with Gasteiger partial charge in [0.2, 0.25) is 5.91 Å². The van der Waals surface area contributed by atoms with E-state index in [9.17, 15) is 4.79 Å². The molecule has 62 valence electrons. The first kappa shape index (κ1) is 7.10. The average Bonchev–Trinajstić information content (AvgIpc) is 2.34. The molecule has 0 aromatic rings. The molecule has 1 heterocycles. The van der Waals surface area contributed by atoms with Crippen LogP contribution in [-0.4, -0.2) is 18.5 Å². The van der Waals surface area contributed by atoms with Crippen molar-refractivity contribution >= 4 is 5.91 Å². The van der Waals surface area contributed by atoms with E-state index < -0.39 is 0 Å². The predicted molar refractivity (Wildman–Crippen MR) is 41.7 cm³/mol. The fourth-order valence-electron chi connectivity index (χ4n) is 2.50. The monoisotopic (exact) mass is 154 g/mol. The largest absolute Gasteiger partial charge is 0.368 e. The van der Waals surface area contributed by atoms with Crippen LogP contribution < -0.4 is 11.1 Å². The fraction of sp³-hybridized carbons (Fsp3) is 0.875. The summed E-state index contributed by atoms with van der Waals surface area (Å²) in [4.78, 5) is 10.9. The molecule has 3 nitrogen and oxygen atoms in total. The molecule has 1 aliphatic carbocycles. The standard InChI is InChI=1S/C8H14N2O/c1-8(2)4-3-10-6(5(4)8)7(9)11/h4-6,10H,3H2,1-2H3,(H2,9,11)/t4?,5?,6-/m0/s1. The Labute approximate surface area is 66.3 Å². The van der Waals surface area contributed by atoms with E-state index in [1.807, 2.05) is 0 Å². The molecule has 0 bridgehead atoms. The molecule has 2 rings (SSSR count). The number of fused-ring (bicyclic) bond motifs is 1. The van der Waals surface area contributed by atoms with Crippen molar-refractivity contribution < 1.29 is 4.79 Å². The van der Waals surface area contributed by atoms with E-state index in [1.165, 1.54) is 0 Å². The Kier molecular flexibility index (Phi) is 1.15. The van der Waals surface area contributed by atoms with Gasteiger partial charge in [0.05, 0.1) is 6.04 Å². The normalized spacial score (nSPS) is 45.1. The number of rotatable bonds is 1. The molecule has 3 N–H and O–H groups in total. The second-order valence-corrected chi connectivity index (χ2v) is 4.24. The minimum atomic E-state index is -0.192. The summed E-state index contributed by atoms with van der Waals surface area (Å²) in [7, 11) is 0. The molecule has 0 aromatic carbocycles. The van der Waals surface area contributed by atoms with Gasteiger partial charge in [-0.15, -0.1) is 0 Å². The first-order valence-corrected chi connectivity index (χ1v) is 4.08. The van der Waals surface area contributed by atoms with Crippen molar-refractivity contribution in [3.05, 3.63) is 0 Å². The Balaban J connectivity index is 2.13. The van der Waals surface area contributed by atoms with Crippen molar-refractivity contribution in [3.8, 4) is 0 Å². The summed E-state index contributed by atoms with van der Waals surface area (Å²) in [6.07, 6.45) is 0. The Hall–Kier alpha value is -0.570. The van der Waals surface area contributed by atoms with Crippen LogP contribution in [0.3, 0.4) is 0 Å². The first-order valence-electron chi connectivity index (χ1n) is 4.08. The van der Waals surface area contributed by atoms with Gasteiger partial charge in [-0.1, -0.05) is 13.8 Å². The van der Waals surface area contributed by atoms with Crippen LogP contribution in [0, 0.1) is 17.3 Å². The molecule has 11 heavy (non-hydrogen) atoms. The molecule has 2 unspecified atom stereocenters. The van der Waals surface area contributed by atoms with Gasteiger partial charge in [0.1, 0.15) is 0 Å². The molecular formula is C8H14N2O. The second-order valence-electron chi connectivity index (χ2n) is 4.24. The lowest BCUT2D eigenvalue weighted by molar-refractivity contribution is -0.120. The van der Waals surface area contributed by atoms with Crippen LogP contribution in [0.1, 0.15) is 13.8 Å². The van der Waals surface area contributed by atoms with Gasteiger partial charge in [-0.2, -0.15) is 0 Å². The number of hydrogen-bond acceptors (Lipinski definition) is 2. The maximum Gasteiger partial charge on any atom is 0.234 e. The second kappa shape index (κ2) is 1.78. The summed E-state index contributed by atoms with van der Waals surface area (Å²) in [5, 5.41) is 3.14. The third kappa shape index (κ3) is 0.745. The molecule has 2 fully saturated rings. The summed E-state index contributed by atoms with van der Waals surface area (Å²) in [5.74, 6) is 0.989. The number of piperidine rings is 1. The van der Waals surface area contributed by atoms with Crippen molar-refractivity contribution in [3.63, 3.8) is 0 Å². The highest BCUT2D eigenvalue weighted by Gasteiger charge is 2.65. The zero-order valence-electron chi connectivity index (χ0n) is 6.92. The molecule has 3 heteroatoms. The van der Waals surface area contributed by atoms with E-state index in [1.54, 1.807) is 0 Å². The van der Waals surface area contributed by atoms with Gasteiger partial charge in [-0.25, -0.2) is 0 Å². The molecule has 0 radical (unpaired) electrons. The van der Waals surface area contributed by atoms with Gasteiger partial charge in [0.15, 0.2) is 0 Å². The third-order valence-electron chi connectivity index (χ3n) is 3.36. The van der Waals surface area contributed by atoms with Crippen LogP contribution in [0.5, 0.6) is 0 Å². The maximum absolute atomic E-state index is 10.9. The molecule has 1 aliphatic heterocycles. The summed E-state index contributed by atoms with van der Waals surface area (Å²) in [6, 6.07) is -0.0602. The number of carbonyl (C=O) groups is 1. The number of carbonyl (C=O) groups excluding carboxylic acids is 1. The Morgan fingerprint density at radius 3 is 2.55 bits per heavy atom. The van der Waals surface area contributed by atoms with Crippen LogP contribution in [-0.2, 0) is 4.79 Å². The topological polar surface area (TPSA) is 55.1 Å². The molecule has 1 amide bonds. The highest BCUT2D eigenvalue weighted by molar-refractivity contribution is 5.81. The highest BCUT2D eigenvalue weighted by Crippen LogP contribution is 2.62. The number of nitrogens with one attached hydrogen (secondary N) is 1. The van der Waals surface area contributed by atoms with Gasteiger partial charge in [-0.05, 0) is 23.8 Å². The molecule has 0 spiro atoms. The Morgan fingerprint density at radius 2 is 2.27 bits per heavy atom.